The van der Waals surface area contributed by atoms with Crippen molar-refractivity contribution >= 4 is 23.2 Å². The van der Waals surface area contributed by atoms with Crippen LogP contribution in [-0.2, 0) is 9.59 Å². The largest absolute Gasteiger partial charge is 0.326 e. The summed E-state index contributed by atoms with van der Waals surface area (Å²) in [6, 6.07) is 7.67. The van der Waals surface area contributed by atoms with Crippen LogP contribution in [0.5, 0.6) is 0 Å². The molecule has 0 aromatic heterocycles. The zero-order valence-corrected chi connectivity index (χ0v) is 12.7. The van der Waals surface area contributed by atoms with Gasteiger partial charge in [0.1, 0.15) is 0 Å². The molecule has 1 aromatic rings. The number of benzene rings is 1. The third-order valence-corrected chi connectivity index (χ3v) is 3.83. The second-order valence-electron chi connectivity index (χ2n) is 5.66. The van der Waals surface area contributed by atoms with Crippen LogP contribution in [0.25, 0.3) is 0 Å². The molecule has 5 heteroatoms. The molecule has 0 bridgehead atoms. The maximum Gasteiger partial charge on any atom is 0.238 e. The number of carbonyl (C=O) groups is 2. The fourth-order valence-corrected chi connectivity index (χ4v) is 2.74. The second kappa shape index (κ2) is 7.22. The van der Waals surface area contributed by atoms with Crippen molar-refractivity contribution in [2.45, 2.75) is 38.6 Å². The van der Waals surface area contributed by atoms with Crippen LogP contribution in [0.1, 0.15) is 32.6 Å². The predicted molar refractivity (Wildman–Crippen MR) is 84.3 cm³/mol. The van der Waals surface area contributed by atoms with E-state index in [1.54, 1.807) is 24.3 Å². The number of nitrogens with zero attached hydrogens (tertiary/aromatic N) is 1. The lowest BCUT2D eigenvalue weighted by Gasteiger charge is -2.23. The van der Waals surface area contributed by atoms with Gasteiger partial charge in [-0.25, -0.2) is 0 Å². The molecule has 0 spiro atoms. The summed E-state index contributed by atoms with van der Waals surface area (Å²) >= 11 is 0. The Kier molecular flexibility index (Phi) is 5.33. The SMILES string of the molecule is CC(=O)Nc1ccc(NC(=O)CN(C)C2CCCC2)cc1. The average molecular weight is 289 g/mol. The molecule has 114 valence electrons. The van der Waals surface area contributed by atoms with Gasteiger partial charge in [0.05, 0.1) is 6.54 Å². The van der Waals surface area contributed by atoms with E-state index in [9.17, 15) is 9.59 Å². The predicted octanol–water partition coefficient (Wildman–Crippen LogP) is 2.46. The third-order valence-electron chi connectivity index (χ3n) is 3.83. The second-order valence-corrected chi connectivity index (χ2v) is 5.66. The molecule has 5 nitrogen and oxygen atoms in total. The molecule has 21 heavy (non-hydrogen) atoms. The smallest absolute Gasteiger partial charge is 0.238 e. The molecule has 1 fully saturated rings. The lowest BCUT2D eigenvalue weighted by atomic mass is 10.2. The van der Waals surface area contributed by atoms with E-state index in [2.05, 4.69) is 15.5 Å². The van der Waals surface area contributed by atoms with Gasteiger partial charge in [-0.2, -0.15) is 0 Å². The summed E-state index contributed by atoms with van der Waals surface area (Å²) in [4.78, 5) is 25.1. The van der Waals surface area contributed by atoms with Crippen molar-refractivity contribution in [3.8, 4) is 0 Å². The average Bonchev–Trinajstić information content (AvgIpc) is 2.94. The van der Waals surface area contributed by atoms with Gasteiger partial charge in [-0.3, -0.25) is 14.5 Å². The highest BCUT2D eigenvalue weighted by atomic mass is 16.2. The van der Waals surface area contributed by atoms with Crippen molar-refractivity contribution in [3.63, 3.8) is 0 Å². The minimum absolute atomic E-state index is 0.00308. The van der Waals surface area contributed by atoms with Gasteiger partial charge in [-0.05, 0) is 44.2 Å². The van der Waals surface area contributed by atoms with Crippen LogP contribution in [0.2, 0.25) is 0 Å². The lowest BCUT2D eigenvalue weighted by molar-refractivity contribution is -0.117. The Bertz CT molecular complexity index is 493. The number of hydrogen-bond donors (Lipinski definition) is 2. The molecule has 0 saturated heterocycles. The van der Waals surface area contributed by atoms with Gasteiger partial charge in [-0.15, -0.1) is 0 Å². The Hall–Kier alpha value is -1.88. The van der Waals surface area contributed by atoms with Crippen LogP contribution < -0.4 is 10.6 Å². The Balaban J connectivity index is 1.83. The standard InChI is InChI=1S/C16H23N3O2/c1-12(20)17-13-7-9-14(10-8-13)18-16(21)11-19(2)15-5-3-4-6-15/h7-10,15H,3-6,11H2,1-2H3,(H,17,20)(H,18,21). The third kappa shape index (κ3) is 4.86. The van der Waals surface area contributed by atoms with Gasteiger partial charge in [0.25, 0.3) is 0 Å². The molecule has 2 N–H and O–H groups in total. The van der Waals surface area contributed by atoms with E-state index in [1.165, 1.54) is 32.6 Å². The fourth-order valence-electron chi connectivity index (χ4n) is 2.74. The van der Waals surface area contributed by atoms with E-state index in [4.69, 9.17) is 0 Å². The highest BCUT2D eigenvalue weighted by Gasteiger charge is 2.21. The molecule has 0 heterocycles. The molecule has 0 radical (unpaired) electrons. The Morgan fingerprint density at radius 1 is 1.10 bits per heavy atom. The van der Waals surface area contributed by atoms with E-state index in [1.807, 2.05) is 7.05 Å². The van der Waals surface area contributed by atoms with Gasteiger partial charge in [-0.1, -0.05) is 12.8 Å². The van der Waals surface area contributed by atoms with Crippen molar-refractivity contribution in [2.75, 3.05) is 24.2 Å². The maximum atomic E-state index is 12.0. The number of carbonyl (C=O) groups excluding carboxylic acids is 2. The van der Waals surface area contributed by atoms with Gasteiger partial charge < -0.3 is 10.6 Å². The van der Waals surface area contributed by atoms with Crippen LogP contribution in [0.3, 0.4) is 0 Å². The van der Waals surface area contributed by atoms with Crippen LogP contribution in [0.4, 0.5) is 11.4 Å². The number of anilines is 2. The van der Waals surface area contributed by atoms with Crippen LogP contribution >= 0.6 is 0 Å². The number of likely N-dealkylation sites (N-methyl/N-ethyl adjacent to an activating group) is 1. The molecule has 2 amide bonds. The normalized spacial score (nSPS) is 15.2. The van der Waals surface area contributed by atoms with Crippen LogP contribution in [-0.4, -0.2) is 36.3 Å². The first kappa shape index (κ1) is 15.5. The van der Waals surface area contributed by atoms with Crippen molar-refractivity contribution < 1.29 is 9.59 Å². The first-order valence-corrected chi connectivity index (χ1v) is 7.42. The minimum atomic E-state index is -0.107. The van der Waals surface area contributed by atoms with Gasteiger partial charge >= 0.3 is 0 Å². The first-order chi connectivity index (χ1) is 10.0. The molecule has 0 aliphatic heterocycles. The molecule has 2 rings (SSSR count). The maximum absolute atomic E-state index is 12.0. The topological polar surface area (TPSA) is 61.4 Å². The Labute approximate surface area is 125 Å². The number of amides is 2. The molecule has 0 atom stereocenters. The molecule has 0 unspecified atom stereocenters. The summed E-state index contributed by atoms with van der Waals surface area (Å²) in [7, 11) is 2.01. The number of nitrogens with one attached hydrogen (secondary N) is 2. The summed E-state index contributed by atoms with van der Waals surface area (Å²) in [6.45, 7) is 1.88. The molecule has 1 saturated carbocycles. The molecular formula is C16H23N3O2. The van der Waals surface area contributed by atoms with E-state index >= 15 is 0 Å². The van der Waals surface area contributed by atoms with E-state index in [0.717, 1.165) is 11.4 Å². The van der Waals surface area contributed by atoms with Crippen molar-refractivity contribution in [2.24, 2.45) is 0 Å². The van der Waals surface area contributed by atoms with Crippen molar-refractivity contribution in [1.29, 1.82) is 0 Å². The zero-order chi connectivity index (χ0) is 15.2. The Morgan fingerprint density at radius 2 is 1.62 bits per heavy atom. The van der Waals surface area contributed by atoms with Crippen LogP contribution in [0.15, 0.2) is 24.3 Å². The summed E-state index contributed by atoms with van der Waals surface area (Å²) in [6.07, 6.45) is 4.91. The van der Waals surface area contributed by atoms with Crippen molar-refractivity contribution in [3.05, 3.63) is 24.3 Å². The van der Waals surface area contributed by atoms with Gasteiger partial charge in [0.2, 0.25) is 11.8 Å². The summed E-state index contributed by atoms with van der Waals surface area (Å²) in [5.74, 6) is -0.110. The molecule has 1 aromatic carbocycles. The minimum Gasteiger partial charge on any atom is -0.326 e. The quantitative estimate of drug-likeness (QED) is 0.875. The van der Waals surface area contributed by atoms with E-state index in [0.29, 0.717) is 12.6 Å². The summed E-state index contributed by atoms with van der Waals surface area (Å²) in [5.41, 5.74) is 1.47. The molecule has 1 aliphatic rings. The van der Waals surface area contributed by atoms with E-state index in [-0.39, 0.29) is 11.8 Å². The highest BCUT2D eigenvalue weighted by Crippen LogP contribution is 2.22. The Morgan fingerprint density at radius 3 is 2.14 bits per heavy atom. The monoisotopic (exact) mass is 289 g/mol. The van der Waals surface area contributed by atoms with Crippen molar-refractivity contribution in [1.82, 2.24) is 4.90 Å². The highest BCUT2D eigenvalue weighted by molar-refractivity contribution is 5.93. The van der Waals surface area contributed by atoms with Crippen LogP contribution in [0, 0.1) is 0 Å². The van der Waals surface area contributed by atoms with E-state index < -0.39 is 0 Å². The first-order valence-electron chi connectivity index (χ1n) is 7.42. The number of hydrogen-bond acceptors (Lipinski definition) is 3. The zero-order valence-electron chi connectivity index (χ0n) is 12.7. The lowest BCUT2D eigenvalue weighted by Crippen LogP contribution is -2.36. The number of rotatable bonds is 5. The summed E-state index contributed by atoms with van der Waals surface area (Å²) < 4.78 is 0. The summed E-state index contributed by atoms with van der Waals surface area (Å²) in [5, 5.41) is 5.58. The fraction of sp³-hybridized carbons (Fsp3) is 0.500. The molecular weight excluding hydrogens is 266 g/mol. The van der Waals surface area contributed by atoms with Gasteiger partial charge in [0, 0.05) is 24.3 Å². The molecule has 1 aliphatic carbocycles. The van der Waals surface area contributed by atoms with Gasteiger partial charge in [0.15, 0.2) is 0 Å².